The fraction of sp³-hybridized carbons (Fsp3) is 0. The molecule has 6 nitrogen and oxygen atoms in total. The van der Waals surface area contributed by atoms with E-state index in [0.29, 0.717) is 11.3 Å². The van der Waals surface area contributed by atoms with Gasteiger partial charge in [0.05, 0.1) is 11.3 Å². The highest BCUT2D eigenvalue weighted by Gasteiger charge is 2.38. The minimum absolute atomic E-state index is 0.0117. The van der Waals surface area contributed by atoms with Crippen molar-refractivity contribution in [3.8, 4) is 0 Å². The molecule has 1 saturated heterocycles. The number of nitrogens with two attached hydrogens (primary N) is 1. The number of rotatable bonds is 3. The standard InChI is InChI=1S/C17H13N3O3/c18-15(21)13(11-7-3-1-4-8-11)14-16(22)20(17(23)19-14)12-9-5-2-6-10-12/h1-10H,(H2,18,21)(H,19,23). The Labute approximate surface area is 132 Å². The largest absolute Gasteiger partial charge is 0.366 e. The van der Waals surface area contributed by atoms with Crippen LogP contribution >= 0.6 is 0 Å². The van der Waals surface area contributed by atoms with Crippen LogP contribution in [0.1, 0.15) is 5.56 Å². The summed E-state index contributed by atoms with van der Waals surface area (Å²) < 4.78 is 0. The minimum atomic E-state index is -0.783. The summed E-state index contributed by atoms with van der Waals surface area (Å²) in [5, 5.41) is 2.45. The molecule has 1 aliphatic heterocycles. The molecule has 0 radical (unpaired) electrons. The summed E-state index contributed by atoms with van der Waals surface area (Å²) in [6.45, 7) is 0. The Morgan fingerprint density at radius 1 is 0.913 bits per heavy atom. The normalized spacial score (nSPS) is 16.3. The van der Waals surface area contributed by atoms with E-state index in [1.807, 2.05) is 0 Å². The Balaban J connectivity index is 2.11. The van der Waals surface area contributed by atoms with Crippen molar-refractivity contribution in [2.45, 2.75) is 0 Å². The van der Waals surface area contributed by atoms with Gasteiger partial charge in [0.15, 0.2) is 0 Å². The van der Waals surface area contributed by atoms with Crippen molar-refractivity contribution in [1.29, 1.82) is 0 Å². The molecule has 1 fully saturated rings. The van der Waals surface area contributed by atoms with Gasteiger partial charge in [0, 0.05) is 0 Å². The Bertz CT molecular complexity index is 813. The molecule has 1 heterocycles. The van der Waals surface area contributed by atoms with E-state index in [1.165, 1.54) is 0 Å². The van der Waals surface area contributed by atoms with Crippen LogP contribution in [0.5, 0.6) is 0 Å². The van der Waals surface area contributed by atoms with Crippen molar-refractivity contribution in [1.82, 2.24) is 5.32 Å². The van der Waals surface area contributed by atoms with Gasteiger partial charge in [0.2, 0.25) is 0 Å². The molecule has 0 unspecified atom stereocenters. The number of nitrogens with one attached hydrogen (secondary N) is 1. The third-order valence-corrected chi connectivity index (χ3v) is 3.43. The molecule has 2 aromatic rings. The molecule has 3 rings (SSSR count). The Hall–Kier alpha value is -3.41. The summed E-state index contributed by atoms with van der Waals surface area (Å²) in [5.74, 6) is -1.39. The number of urea groups is 1. The number of benzene rings is 2. The minimum Gasteiger partial charge on any atom is -0.366 e. The number of hydrogen-bond acceptors (Lipinski definition) is 3. The van der Waals surface area contributed by atoms with Gasteiger partial charge in [0.1, 0.15) is 5.70 Å². The van der Waals surface area contributed by atoms with E-state index >= 15 is 0 Å². The second-order valence-corrected chi connectivity index (χ2v) is 4.89. The lowest BCUT2D eigenvalue weighted by atomic mass is 10.0. The summed E-state index contributed by atoms with van der Waals surface area (Å²) in [7, 11) is 0. The molecule has 23 heavy (non-hydrogen) atoms. The average molecular weight is 307 g/mol. The molecule has 0 spiro atoms. The van der Waals surface area contributed by atoms with E-state index in [-0.39, 0.29) is 11.3 Å². The van der Waals surface area contributed by atoms with Gasteiger partial charge in [-0.3, -0.25) is 9.59 Å². The van der Waals surface area contributed by atoms with Gasteiger partial charge in [-0.2, -0.15) is 0 Å². The van der Waals surface area contributed by atoms with Crippen LogP contribution in [0.4, 0.5) is 10.5 Å². The average Bonchev–Trinajstić information content (AvgIpc) is 2.84. The summed E-state index contributed by atoms with van der Waals surface area (Å²) in [4.78, 5) is 37.6. The van der Waals surface area contributed by atoms with Crippen molar-refractivity contribution in [3.05, 3.63) is 71.9 Å². The van der Waals surface area contributed by atoms with Gasteiger partial charge < -0.3 is 11.1 Å². The van der Waals surface area contributed by atoms with Crippen molar-refractivity contribution in [2.24, 2.45) is 5.73 Å². The highest BCUT2D eigenvalue weighted by molar-refractivity contribution is 6.35. The smallest absolute Gasteiger partial charge is 0.333 e. The Morgan fingerprint density at radius 2 is 1.48 bits per heavy atom. The SMILES string of the molecule is NC(=O)C(=C1NC(=O)N(c2ccccc2)C1=O)c1ccccc1. The molecular weight excluding hydrogens is 294 g/mol. The van der Waals surface area contributed by atoms with Gasteiger partial charge in [-0.25, -0.2) is 9.69 Å². The molecule has 3 N–H and O–H groups in total. The molecule has 0 aliphatic carbocycles. The first-order valence-corrected chi connectivity index (χ1v) is 6.89. The molecule has 6 heteroatoms. The maximum Gasteiger partial charge on any atom is 0.333 e. The number of imide groups is 1. The second kappa shape index (κ2) is 5.76. The molecule has 2 aromatic carbocycles. The van der Waals surface area contributed by atoms with Crippen LogP contribution in [-0.4, -0.2) is 17.8 Å². The van der Waals surface area contributed by atoms with E-state index < -0.39 is 17.8 Å². The molecule has 1 aliphatic rings. The lowest BCUT2D eigenvalue weighted by molar-refractivity contribution is -0.115. The Kier molecular flexibility index (Phi) is 3.64. The lowest BCUT2D eigenvalue weighted by Crippen LogP contribution is -2.30. The quantitative estimate of drug-likeness (QED) is 0.667. The van der Waals surface area contributed by atoms with E-state index in [1.54, 1.807) is 60.7 Å². The van der Waals surface area contributed by atoms with Gasteiger partial charge in [-0.05, 0) is 17.7 Å². The van der Waals surface area contributed by atoms with E-state index in [0.717, 1.165) is 4.90 Å². The number of primary amides is 1. The highest BCUT2D eigenvalue weighted by atomic mass is 16.2. The first kappa shape index (κ1) is 14.5. The van der Waals surface area contributed by atoms with Crippen LogP contribution in [0.25, 0.3) is 5.57 Å². The number of anilines is 1. The van der Waals surface area contributed by atoms with Crippen molar-refractivity contribution < 1.29 is 14.4 Å². The molecule has 114 valence electrons. The van der Waals surface area contributed by atoms with Crippen molar-refractivity contribution in [2.75, 3.05) is 4.90 Å². The fourth-order valence-electron chi connectivity index (χ4n) is 2.42. The Morgan fingerprint density at radius 3 is 2.04 bits per heavy atom. The molecule has 0 bridgehead atoms. The summed E-state index contributed by atoms with van der Waals surface area (Å²) in [6.07, 6.45) is 0. The first-order chi connectivity index (χ1) is 11.1. The monoisotopic (exact) mass is 307 g/mol. The van der Waals surface area contributed by atoms with Gasteiger partial charge in [-0.15, -0.1) is 0 Å². The predicted molar refractivity (Wildman–Crippen MR) is 85.0 cm³/mol. The lowest BCUT2D eigenvalue weighted by Gasteiger charge is -2.11. The molecule has 0 aromatic heterocycles. The van der Waals surface area contributed by atoms with Crippen molar-refractivity contribution >= 4 is 29.1 Å². The number of carbonyl (C=O) groups excluding carboxylic acids is 3. The number of nitrogens with zero attached hydrogens (tertiary/aromatic N) is 1. The third-order valence-electron chi connectivity index (χ3n) is 3.43. The van der Waals surface area contributed by atoms with E-state index in [4.69, 9.17) is 5.73 Å². The van der Waals surface area contributed by atoms with E-state index in [2.05, 4.69) is 5.32 Å². The third kappa shape index (κ3) is 2.57. The van der Waals surface area contributed by atoms with Crippen LogP contribution < -0.4 is 16.0 Å². The van der Waals surface area contributed by atoms with Crippen LogP contribution in [0.15, 0.2) is 66.4 Å². The maximum absolute atomic E-state index is 12.6. The number of carbonyl (C=O) groups is 3. The number of para-hydroxylation sites is 1. The zero-order valence-electron chi connectivity index (χ0n) is 12.0. The van der Waals surface area contributed by atoms with Gasteiger partial charge in [-0.1, -0.05) is 48.5 Å². The van der Waals surface area contributed by atoms with Gasteiger partial charge >= 0.3 is 6.03 Å². The molecular formula is C17H13N3O3. The summed E-state index contributed by atoms with van der Waals surface area (Å²) in [6, 6.07) is 16.4. The van der Waals surface area contributed by atoms with Crippen LogP contribution in [0.2, 0.25) is 0 Å². The van der Waals surface area contributed by atoms with Gasteiger partial charge in [0.25, 0.3) is 11.8 Å². The molecule has 0 atom stereocenters. The fourth-order valence-corrected chi connectivity index (χ4v) is 2.42. The first-order valence-electron chi connectivity index (χ1n) is 6.89. The molecule has 0 saturated carbocycles. The second-order valence-electron chi connectivity index (χ2n) is 4.89. The number of hydrogen-bond donors (Lipinski definition) is 2. The maximum atomic E-state index is 12.6. The predicted octanol–water partition coefficient (Wildman–Crippen LogP) is 1.64. The van der Waals surface area contributed by atoms with Crippen molar-refractivity contribution in [3.63, 3.8) is 0 Å². The zero-order valence-corrected chi connectivity index (χ0v) is 12.0. The van der Waals surface area contributed by atoms with E-state index in [9.17, 15) is 14.4 Å². The summed E-state index contributed by atoms with van der Waals surface area (Å²) in [5.41, 5.74) is 6.19. The topological polar surface area (TPSA) is 92.5 Å². The highest BCUT2D eigenvalue weighted by Crippen LogP contribution is 2.26. The van der Waals surface area contributed by atoms with Crippen LogP contribution in [0, 0.1) is 0 Å². The number of amides is 4. The zero-order chi connectivity index (χ0) is 16.4. The van der Waals surface area contributed by atoms with Crippen LogP contribution in [0.3, 0.4) is 0 Å². The molecule has 4 amide bonds. The van der Waals surface area contributed by atoms with Crippen LogP contribution in [-0.2, 0) is 9.59 Å². The summed E-state index contributed by atoms with van der Waals surface area (Å²) >= 11 is 0.